The number of nitrogen functional groups attached to an aromatic ring is 1. The number of hydrogen-bond acceptors (Lipinski definition) is 4. The van der Waals surface area contributed by atoms with Crippen molar-refractivity contribution in [1.29, 1.82) is 0 Å². The van der Waals surface area contributed by atoms with Crippen molar-refractivity contribution in [3.63, 3.8) is 0 Å². The van der Waals surface area contributed by atoms with Crippen LogP contribution < -0.4 is 5.73 Å². The normalized spacial score (nSPS) is 12.4. The fraction of sp³-hybridized carbons (Fsp3) is 0.600. The monoisotopic (exact) mass is 226 g/mol. The first-order valence-electron chi connectivity index (χ1n) is 5.20. The van der Waals surface area contributed by atoms with Crippen LogP contribution >= 0.6 is 0 Å². The van der Waals surface area contributed by atoms with Gasteiger partial charge in [-0.2, -0.15) is 5.10 Å². The van der Waals surface area contributed by atoms with E-state index in [1.165, 1.54) is 6.20 Å². The first kappa shape index (κ1) is 12.5. The number of likely N-dealkylation sites (N-methyl/N-ethyl adjacent to an activating group) is 1. The number of anilines is 1. The van der Waals surface area contributed by atoms with E-state index in [9.17, 15) is 4.79 Å². The lowest BCUT2D eigenvalue weighted by atomic mass is 10.2. The fourth-order valence-corrected chi connectivity index (χ4v) is 1.61. The second-order valence-corrected chi connectivity index (χ2v) is 3.59. The highest BCUT2D eigenvalue weighted by atomic mass is 16.5. The summed E-state index contributed by atoms with van der Waals surface area (Å²) in [6, 6.07) is 0.0109. The standard InChI is InChI=1S/C10H18N4O2/c1-4-14(7(2)6-16-3)10(15)8-5-12-13-9(8)11/h5,7H,4,6H2,1-3H3,(H3,11,12,13). The van der Waals surface area contributed by atoms with Gasteiger partial charge < -0.3 is 15.4 Å². The number of carbonyl (C=O) groups is 1. The minimum Gasteiger partial charge on any atom is -0.383 e. The fourth-order valence-electron chi connectivity index (χ4n) is 1.61. The summed E-state index contributed by atoms with van der Waals surface area (Å²) in [5.74, 6) is 0.173. The zero-order chi connectivity index (χ0) is 12.1. The van der Waals surface area contributed by atoms with Crippen LogP contribution in [0.2, 0.25) is 0 Å². The Morgan fingerprint density at radius 3 is 2.88 bits per heavy atom. The minimum atomic E-state index is -0.127. The largest absolute Gasteiger partial charge is 0.383 e. The molecular formula is C10H18N4O2. The molecule has 0 spiro atoms. The summed E-state index contributed by atoms with van der Waals surface area (Å²) in [5, 5.41) is 6.28. The number of nitrogens with zero attached hydrogens (tertiary/aromatic N) is 2. The number of H-pyrrole nitrogens is 1. The third kappa shape index (κ3) is 2.52. The van der Waals surface area contributed by atoms with Crippen molar-refractivity contribution in [3.8, 4) is 0 Å². The Balaban J connectivity index is 2.81. The number of aromatic amines is 1. The summed E-state index contributed by atoms with van der Waals surface area (Å²) in [6.45, 7) is 4.95. The van der Waals surface area contributed by atoms with Crippen LogP contribution in [0.1, 0.15) is 24.2 Å². The van der Waals surface area contributed by atoms with E-state index in [1.807, 2.05) is 13.8 Å². The zero-order valence-corrected chi connectivity index (χ0v) is 9.86. The number of rotatable bonds is 5. The van der Waals surface area contributed by atoms with E-state index < -0.39 is 0 Å². The van der Waals surface area contributed by atoms with E-state index in [-0.39, 0.29) is 11.9 Å². The first-order chi connectivity index (χ1) is 7.61. The second kappa shape index (κ2) is 5.50. The molecule has 0 aromatic carbocycles. The zero-order valence-electron chi connectivity index (χ0n) is 9.86. The predicted octanol–water partition coefficient (Wildman–Crippen LogP) is 0.489. The molecule has 1 rings (SSSR count). The van der Waals surface area contributed by atoms with E-state index >= 15 is 0 Å². The summed E-state index contributed by atoms with van der Waals surface area (Å²) in [7, 11) is 1.61. The maximum atomic E-state index is 12.1. The Hall–Kier alpha value is -1.56. The molecular weight excluding hydrogens is 208 g/mol. The van der Waals surface area contributed by atoms with Gasteiger partial charge in [0, 0.05) is 13.7 Å². The number of amides is 1. The molecule has 1 amide bonds. The smallest absolute Gasteiger partial charge is 0.259 e. The lowest BCUT2D eigenvalue weighted by Crippen LogP contribution is -2.41. The molecule has 1 aromatic heterocycles. The van der Waals surface area contributed by atoms with Gasteiger partial charge in [0.15, 0.2) is 0 Å². The molecule has 0 aliphatic rings. The van der Waals surface area contributed by atoms with Gasteiger partial charge in [-0.05, 0) is 13.8 Å². The van der Waals surface area contributed by atoms with E-state index in [0.29, 0.717) is 24.5 Å². The lowest BCUT2D eigenvalue weighted by Gasteiger charge is -2.27. The summed E-state index contributed by atoms with van der Waals surface area (Å²) in [6.07, 6.45) is 1.44. The number of hydrogen-bond donors (Lipinski definition) is 2. The molecule has 1 unspecified atom stereocenters. The van der Waals surface area contributed by atoms with Crippen LogP contribution in [0.25, 0.3) is 0 Å². The minimum absolute atomic E-state index is 0.0109. The van der Waals surface area contributed by atoms with Gasteiger partial charge in [0.1, 0.15) is 11.4 Å². The SMILES string of the molecule is CCN(C(=O)c1cn[nH]c1N)C(C)COC. The van der Waals surface area contributed by atoms with Gasteiger partial charge in [-0.25, -0.2) is 0 Å². The number of ether oxygens (including phenoxy) is 1. The van der Waals surface area contributed by atoms with Gasteiger partial charge in [-0.15, -0.1) is 0 Å². The Labute approximate surface area is 94.8 Å². The molecule has 3 N–H and O–H groups in total. The van der Waals surface area contributed by atoms with E-state index in [4.69, 9.17) is 10.5 Å². The average molecular weight is 226 g/mol. The van der Waals surface area contributed by atoms with Gasteiger partial charge in [-0.3, -0.25) is 9.89 Å². The van der Waals surface area contributed by atoms with Crippen molar-refractivity contribution >= 4 is 11.7 Å². The quantitative estimate of drug-likeness (QED) is 0.765. The van der Waals surface area contributed by atoms with Crippen LogP contribution in [-0.4, -0.2) is 47.3 Å². The van der Waals surface area contributed by atoms with Crippen molar-refractivity contribution in [1.82, 2.24) is 15.1 Å². The van der Waals surface area contributed by atoms with Crippen molar-refractivity contribution < 1.29 is 9.53 Å². The van der Waals surface area contributed by atoms with E-state index in [1.54, 1.807) is 12.0 Å². The molecule has 1 atom stereocenters. The van der Waals surface area contributed by atoms with Gasteiger partial charge in [0.25, 0.3) is 5.91 Å². The van der Waals surface area contributed by atoms with E-state index in [2.05, 4.69) is 10.2 Å². The third-order valence-corrected chi connectivity index (χ3v) is 2.44. The molecule has 0 radical (unpaired) electrons. The third-order valence-electron chi connectivity index (χ3n) is 2.44. The van der Waals surface area contributed by atoms with Crippen LogP contribution in [0.3, 0.4) is 0 Å². The van der Waals surface area contributed by atoms with Crippen molar-refractivity contribution in [2.45, 2.75) is 19.9 Å². The Bertz CT molecular complexity index is 350. The molecule has 0 fully saturated rings. The molecule has 0 aliphatic carbocycles. The molecule has 16 heavy (non-hydrogen) atoms. The summed E-state index contributed by atoms with van der Waals surface area (Å²) >= 11 is 0. The molecule has 6 nitrogen and oxygen atoms in total. The lowest BCUT2D eigenvalue weighted by molar-refractivity contribution is 0.0580. The van der Waals surface area contributed by atoms with Gasteiger partial charge >= 0.3 is 0 Å². The maximum Gasteiger partial charge on any atom is 0.259 e. The highest BCUT2D eigenvalue weighted by Crippen LogP contribution is 2.12. The number of carbonyl (C=O) groups excluding carboxylic acids is 1. The van der Waals surface area contributed by atoms with E-state index in [0.717, 1.165) is 0 Å². The highest BCUT2D eigenvalue weighted by molar-refractivity contribution is 5.98. The molecule has 1 aromatic rings. The molecule has 0 aliphatic heterocycles. The number of nitrogens with two attached hydrogens (primary N) is 1. The molecule has 90 valence electrons. The summed E-state index contributed by atoms with van der Waals surface area (Å²) in [4.78, 5) is 13.8. The molecule has 1 heterocycles. The van der Waals surface area contributed by atoms with Crippen LogP contribution in [0.15, 0.2) is 6.20 Å². The summed E-state index contributed by atoms with van der Waals surface area (Å²) < 4.78 is 5.04. The van der Waals surface area contributed by atoms with Crippen molar-refractivity contribution in [2.24, 2.45) is 0 Å². The number of aromatic nitrogens is 2. The maximum absolute atomic E-state index is 12.1. The van der Waals surface area contributed by atoms with Crippen LogP contribution in [-0.2, 0) is 4.74 Å². The average Bonchev–Trinajstić information content (AvgIpc) is 2.65. The Kier molecular flexibility index (Phi) is 4.30. The van der Waals surface area contributed by atoms with Gasteiger partial charge in [-0.1, -0.05) is 0 Å². The highest BCUT2D eigenvalue weighted by Gasteiger charge is 2.22. The van der Waals surface area contributed by atoms with Crippen molar-refractivity contribution in [2.75, 3.05) is 26.0 Å². The predicted molar refractivity (Wildman–Crippen MR) is 61.0 cm³/mol. The first-order valence-corrected chi connectivity index (χ1v) is 5.20. The topological polar surface area (TPSA) is 84.2 Å². The van der Waals surface area contributed by atoms with Crippen LogP contribution in [0.5, 0.6) is 0 Å². The molecule has 6 heteroatoms. The van der Waals surface area contributed by atoms with Crippen LogP contribution in [0.4, 0.5) is 5.82 Å². The second-order valence-electron chi connectivity index (χ2n) is 3.59. The molecule has 0 bridgehead atoms. The van der Waals surface area contributed by atoms with Crippen LogP contribution in [0, 0.1) is 0 Å². The van der Waals surface area contributed by atoms with Gasteiger partial charge in [0.2, 0.25) is 0 Å². The Morgan fingerprint density at radius 1 is 1.75 bits per heavy atom. The number of nitrogens with one attached hydrogen (secondary N) is 1. The number of methoxy groups -OCH3 is 1. The Morgan fingerprint density at radius 2 is 2.44 bits per heavy atom. The summed E-state index contributed by atoms with van der Waals surface area (Å²) in [5.41, 5.74) is 6.02. The van der Waals surface area contributed by atoms with Gasteiger partial charge in [0.05, 0.1) is 18.8 Å². The van der Waals surface area contributed by atoms with Crippen molar-refractivity contribution in [3.05, 3.63) is 11.8 Å². The molecule has 0 saturated carbocycles. The molecule has 0 saturated heterocycles.